The number of rotatable bonds is 5. The van der Waals surface area contributed by atoms with Gasteiger partial charge in [-0.05, 0) is 24.5 Å². The zero-order valence-electron chi connectivity index (χ0n) is 11.4. The van der Waals surface area contributed by atoms with E-state index in [0.717, 1.165) is 12.8 Å². The lowest BCUT2D eigenvalue weighted by Crippen LogP contribution is -2.06. The molecule has 2 rings (SSSR count). The zero-order valence-corrected chi connectivity index (χ0v) is 13.0. The minimum atomic E-state index is -3.97. The molecule has 0 saturated heterocycles. The van der Waals surface area contributed by atoms with Crippen LogP contribution in [-0.2, 0) is 15.6 Å². The molecular weight excluding hydrogens is 301 g/mol. The molecule has 0 amide bonds. The lowest BCUT2D eigenvalue weighted by atomic mass is 10.1. The Balaban J connectivity index is 2.60. The largest absolute Gasteiger partial charge is 0.346 e. The summed E-state index contributed by atoms with van der Waals surface area (Å²) in [5.41, 5.74) is 0.562. The third kappa shape index (κ3) is 2.99. The number of aromatic nitrogens is 1. The zero-order chi connectivity index (χ0) is 14.9. The van der Waals surface area contributed by atoms with Crippen LogP contribution in [0.3, 0.4) is 0 Å². The van der Waals surface area contributed by atoms with Gasteiger partial charge in [-0.15, -0.1) is 0 Å². The van der Waals surface area contributed by atoms with Gasteiger partial charge in [0.1, 0.15) is 10.7 Å². The number of fused-ring (bicyclic) bond motifs is 1. The second-order valence-electron chi connectivity index (χ2n) is 5.11. The molecule has 0 spiro atoms. The maximum Gasteiger partial charge on any atom is 0.263 e. The summed E-state index contributed by atoms with van der Waals surface area (Å²) in [4.78, 5) is -0.157. The van der Waals surface area contributed by atoms with Gasteiger partial charge in [0, 0.05) is 23.4 Å². The predicted molar refractivity (Wildman–Crippen MR) is 79.0 cm³/mol. The first-order valence-electron chi connectivity index (χ1n) is 6.56. The fourth-order valence-corrected chi connectivity index (χ4v) is 3.58. The van der Waals surface area contributed by atoms with E-state index in [2.05, 4.69) is 13.8 Å². The molecule has 20 heavy (non-hydrogen) atoms. The van der Waals surface area contributed by atoms with E-state index in [9.17, 15) is 12.8 Å². The molecule has 1 atom stereocenters. The van der Waals surface area contributed by atoms with Crippen molar-refractivity contribution in [3.8, 4) is 0 Å². The first kappa shape index (κ1) is 15.3. The van der Waals surface area contributed by atoms with Crippen LogP contribution in [-0.4, -0.2) is 13.0 Å². The summed E-state index contributed by atoms with van der Waals surface area (Å²) in [5.74, 6) is -0.187. The molecule has 1 aromatic carbocycles. The molecule has 0 aliphatic carbocycles. The molecule has 1 heterocycles. The van der Waals surface area contributed by atoms with Crippen LogP contribution in [0.15, 0.2) is 29.3 Å². The monoisotopic (exact) mass is 317 g/mol. The van der Waals surface area contributed by atoms with E-state index in [1.165, 1.54) is 12.3 Å². The summed E-state index contributed by atoms with van der Waals surface area (Å²) in [6.07, 6.45) is 3.51. The molecule has 0 radical (unpaired) electrons. The van der Waals surface area contributed by atoms with Crippen LogP contribution in [0.5, 0.6) is 0 Å². The lowest BCUT2D eigenvalue weighted by molar-refractivity contribution is 0.452. The average Bonchev–Trinajstić information content (AvgIpc) is 2.70. The van der Waals surface area contributed by atoms with Gasteiger partial charge in [0.05, 0.1) is 10.9 Å². The van der Waals surface area contributed by atoms with Crippen LogP contribution >= 0.6 is 10.7 Å². The maximum atomic E-state index is 13.9. The highest BCUT2D eigenvalue weighted by Crippen LogP contribution is 2.30. The van der Waals surface area contributed by atoms with E-state index in [1.54, 1.807) is 16.7 Å². The molecule has 6 heteroatoms. The van der Waals surface area contributed by atoms with E-state index < -0.39 is 14.9 Å². The Bertz CT molecular complexity index is 724. The molecular formula is C14H17ClFNO2S. The molecule has 0 aliphatic rings. The average molecular weight is 318 g/mol. The van der Waals surface area contributed by atoms with Crippen LogP contribution < -0.4 is 0 Å². The fraction of sp³-hybridized carbons (Fsp3) is 0.429. The summed E-state index contributed by atoms with van der Waals surface area (Å²) >= 11 is 0. The Morgan fingerprint density at radius 1 is 1.40 bits per heavy atom. The Kier molecular flexibility index (Phi) is 4.39. The number of hydrogen-bond donors (Lipinski definition) is 0. The van der Waals surface area contributed by atoms with Gasteiger partial charge in [0.2, 0.25) is 0 Å². The molecule has 0 saturated carbocycles. The van der Waals surface area contributed by atoms with Crippen LogP contribution in [0.4, 0.5) is 4.39 Å². The van der Waals surface area contributed by atoms with Crippen molar-refractivity contribution >= 4 is 30.6 Å². The third-order valence-electron chi connectivity index (χ3n) is 3.37. The van der Waals surface area contributed by atoms with E-state index in [1.807, 2.05) is 0 Å². The number of nitrogens with zero attached hydrogens (tertiary/aromatic N) is 1. The van der Waals surface area contributed by atoms with Gasteiger partial charge in [-0.3, -0.25) is 0 Å². The highest BCUT2D eigenvalue weighted by Gasteiger charge is 2.22. The van der Waals surface area contributed by atoms with E-state index >= 15 is 0 Å². The Morgan fingerprint density at radius 2 is 2.10 bits per heavy atom. The SMILES string of the molecule is CCCC(C)Cn1cc(S(=O)(=O)Cl)c2c(F)cccc21. The molecule has 0 bridgehead atoms. The standard InChI is InChI=1S/C14H17ClFNO2S/c1-3-5-10(2)8-17-9-13(20(15,18)19)14-11(16)6-4-7-12(14)17/h4,6-7,9-10H,3,5,8H2,1-2H3. The molecule has 1 unspecified atom stereocenters. The van der Waals surface area contributed by atoms with Gasteiger partial charge in [-0.25, -0.2) is 12.8 Å². The van der Waals surface area contributed by atoms with E-state index in [0.29, 0.717) is 18.0 Å². The van der Waals surface area contributed by atoms with Crippen molar-refractivity contribution in [3.63, 3.8) is 0 Å². The number of benzene rings is 1. The minimum Gasteiger partial charge on any atom is -0.346 e. The van der Waals surface area contributed by atoms with Crippen molar-refractivity contribution in [2.75, 3.05) is 0 Å². The third-order valence-corrected chi connectivity index (χ3v) is 4.71. The molecule has 0 fully saturated rings. The Hall–Kier alpha value is -1.07. The Labute approximate surface area is 122 Å². The second kappa shape index (κ2) is 5.74. The number of hydrogen-bond acceptors (Lipinski definition) is 2. The normalized spacial score (nSPS) is 13.8. The number of halogens is 2. The van der Waals surface area contributed by atoms with Crippen molar-refractivity contribution in [1.29, 1.82) is 0 Å². The predicted octanol–water partition coefficient (Wildman–Crippen LogP) is 4.14. The van der Waals surface area contributed by atoms with Crippen molar-refractivity contribution < 1.29 is 12.8 Å². The van der Waals surface area contributed by atoms with Gasteiger partial charge in [-0.2, -0.15) is 0 Å². The summed E-state index contributed by atoms with van der Waals surface area (Å²) in [7, 11) is 1.44. The van der Waals surface area contributed by atoms with Crippen molar-refractivity contribution in [2.45, 2.75) is 38.1 Å². The summed E-state index contributed by atoms with van der Waals surface area (Å²) in [6, 6.07) is 4.53. The van der Waals surface area contributed by atoms with Gasteiger partial charge >= 0.3 is 0 Å². The molecule has 3 nitrogen and oxygen atoms in total. The van der Waals surface area contributed by atoms with Crippen LogP contribution in [0.25, 0.3) is 10.9 Å². The van der Waals surface area contributed by atoms with Gasteiger partial charge in [0.25, 0.3) is 9.05 Å². The summed E-state index contributed by atoms with van der Waals surface area (Å²) in [5, 5.41) is 0.0752. The van der Waals surface area contributed by atoms with Crippen LogP contribution in [0.1, 0.15) is 26.7 Å². The van der Waals surface area contributed by atoms with Gasteiger partial charge < -0.3 is 4.57 Å². The molecule has 0 N–H and O–H groups in total. The smallest absolute Gasteiger partial charge is 0.263 e. The van der Waals surface area contributed by atoms with Gasteiger partial charge in [0.15, 0.2) is 0 Å². The van der Waals surface area contributed by atoms with E-state index in [-0.39, 0.29) is 10.3 Å². The van der Waals surface area contributed by atoms with Crippen molar-refractivity contribution in [3.05, 3.63) is 30.2 Å². The fourth-order valence-electron chi connectivity index (χ4n) is 2.53. The quantitative estimate of drug-likeness (QED) is 0.777. The molecule has 0 aliphatic heterocycles. The summed E-state index contributed by atoms with van der Waals surface area (Å²) < 4.78 is 38.9. The van der Waals surface area contributed by atoms with Crippen LogP contribution in [0.2, 0.25) is 0 Å². The molecule has 1 aromatic heterocycles. The first-order chi connectivity index (χ1) is 9.34. The second-order valence-corrected chi connectivity index (χ2v) is 7.65. The lowest BCUT2D eigenvalue weighted by Gasteiger charge is -2.12. The van der Waals surface area contributed by atoms with Gasteiger partial charge in [-0.1, -0.05) is 26.3 Å². The topological polar surface area (TPSA) is 39.1 Å². The minimum absolute atomic E-state index is 0.0752. The van der Waals surface area contributed by atoms with Crippen molar-refractivity contribution in [2.24, 2.45) is 5.92 Å². The maximum absolute atomic E-state index is 13.9. The summed E-state index contributed by atoms with van der Waals surface area (Å²) in [6.45, 7) is 4.82. The van der Waals surface area contributed by atoms with Crippen molar-refractivity contribution in [1.82, 2.24) is 4.57 Å². The van der Waals surface area contributed by atoms with Crippen LogP contribution in [0, 0.1) is 11.7 Å². The van der Waals surface area contributed by atoms with E-state index in [4.69, 9.17) is 10.7 Å². The highest BCUT2D eigenvalue weighted by molar-refractivity contribution is 8.14. The highest BCUT2D eigenvalue weighted by atomic mass is 35.7. The first-order valence-corrected chi connectivity index (χ1v) is 8.87. The Morgan fingerprint density at radius 3 is 2.70 bits per heavy atom. The molecule has 2 aromatic rings. The molecule has 110 valence electrons.